The Balaban J connectivity index is 1.53. The molecule has 1 atom stereocenters. The van der Waals surface area contributed by atoms with Gasteiger partial charge in [-0.1, -0.05) is 37.3 Å². The summed E-state index contributed by atoms with van der Waals surface area (Å²) in [5.74, 6) is 3.21. The molecule has 1 saturated carbocycles. The Bertz CT molecular complexity index is 986. The monoisotopic (exact) mass is 363 g/mol. The lowest BCUT2D eigenvalue weighted by Crippen LogP contribution is -2.32. The van der Waals surface area contributed by atoms with Gasteiger partial charge in [-0.05, 0) is 37.2 Å². The van der Waals surface area contributed by atoms with Crippen LogP contribution in [0.3, 0.4) is 0 Å². The third-order valence-corrected chi connectivity index (χ3v) is 5.58. The molecule has 0 radical (unpaired) electrons. The Morgan fingerprint density at radius 3 is 2.70 bits per heavy atom. The number of rotatable bonds is 6. The zero-order valence-corrected chi connectivity index (χ0v) is 15.7. The summed E-state index contributed by atoms with van der Waals surface area (Å²) < 4.78 is 3.68. The molecule has 6 heteroatoms. The van der Waals surface area contributed by atoms with Gasteiger partial charge in [0.2, 0.25) is 0 Å². The molecule has 1 fully saturated rings. The van der Waals surface area contributed by atoms with Gasteiger partial charge in [-0.15, -0.1) is 0 Å². The number of hydrogen-bond acceptors (Lipinski definition) is 4. The highest BCUT2D eigenvalue weighted by Gasteiger charge is 2.32. The first-order chi connectivity index (χ1) is 13.2. The van der Waals surface area contributed by atoms with Gasteiger partial charge in [-0.25, -0.2) is 14.8 Å². The second-order valence-corrected chi connectivity index (χ2v) is 7.88. The normalized spacial score (nSPS) is 18.6. The van der Waals surface area contributed by atoms with Crippen molar-refractivity contribution < 1.29 is 0 Å². The maximum atomic E-state index is 13.1. The van der Waals surface area contributed by atoms with Crippen LogP contribution in [0.25, 0.3) is 11.5 Å². The minimum absolute atomic E-state index is 0.0280. The topological polar surface area (TPSA) is 64.7 Å². The molecule has 4 aliphatic rings. The summed E-state index contributed by atoms with van der Waals surface area (Å²) in [7, 11) is 0. The van der Waals surface area contributed by atoms with Crippen molar-refractivity contribution in [2.75, 3.05) is 5.32 Å². The van der Waals surface area contributed by atoms with Gasteiger partial charge in [0.15, 0.2) is 5.82 Å². The maximum absolute atomic E-state index is 13.1. The number of fused-ring (bicyclic) bond motifs is 3. The Kier molecular flexibility index (Phi) is 3.99. The molecular weight excluding hydrogens is 338 g/mol. The standard InChI is InChI=1S/C21H25N5O/c1-2-10-25-20-18(23-17(24-20)12-15-8-9-15)19-22-16(13-26(19)21(25)27)11-14-6-4-3-5-7-14/h3-7,15-16,22H,2,8-13H2,1H3/t16-/m1/s1. The third-order valence-electron chi connectivity index (χ3n) is 5.58. The minimum atomic E-state index is 0.0280. The second kappa shape index (κ2) is 6.51. The van der Waals surface area contributed by atoms with Crippen LogP contribution in [0.15, 0.2) is 35.1 Å². The highest BCUT2D eigenvalue weighted by molar-refractivity contribution is 5.69. The van der Waals surface area contributed by atoms with E-state index in [0.717, 1.165) is 48.3 Å². The first-order valence-electron chi connectivity index (χ1n) is 10.0. The fraction of sp³-hybridized carbons (Fsp3) is 0.476. The van der Waals surface area contributed by atoms with Gasteiger partial charge in [0.25, 0.3) is 0 Å². The maximum Gasteiger partial charge on any atom is 0.331 e. The van der Waals surface area contributed by atoms with Crippen LogP contribution in [0.5, 0.6) is 0 Å². The summed E-state index contributed by atoms with van der Waals surface area (Å²) in [5, 5.41) is 3.57. The number of nitrogens with zero attached hydrogens (tertiary/aromatic N) is 4. The molecule has 0 saturated heterocycles. The van der Waals surface area contributed by atoms with Crippen molar-refractivity contribution in [1.82, 2.24) is 19.1 Å². The predicted molar refractivity (Wildman–Crippen MR) is 105 cm³/mol. The highest BCUT2D eigenvalue weighted by atomic mass is 16.1. The average Bonchev–Trinajstić information content (AvgIpc) is 3.22. The van der Waals surface area contributed by atoms with Gasteiger partial charge < -0.3 is 5.32 Å². The van der Waals surface area contributed by atoms with Crippen molar-refractivity contribution in [1.29, 1.82) is 0 Å². The quantitative estimate of drug-likeness (QED) is 0.731. The summed E-state index contributed by atoms with van der Waals surface area (Å²) >= 11 is 0. The molecule has 5 rings (SSSR count). The summed E-state index contributed by atoms with van der Waals surface area (Å²) in [4.78, 5) is 22.7. The Hall–Kier alpha value is -2.63. The summed E-state index contributed by atoms with van der Waals surface area (Å²) in [5.41, 5.74) is 2.16. The van der Waals surface area contributed by atoms with Crippen LogP contribution in [-0.2, 0) is 25.9 Å². The molecule has 0 amide bonds. The Morgan fingerprint density at radius 2 is 1.96 bits per heavy atom. The molecule has 3 aliphatic heterocycles. The lowest BCUT2D eigenvalue weighted by Gasteiger charge is -2.13. The van der Waals surface area contributed by atoms with Crippen molar-refractivity contribution in [3.63, 3.8) is 0 Å². The number of hydrogen-bond donors (Lipinski definition) is 1. The predicted octanol–water partition coefficient (Wildman–Crippen LogP) is 2.94. The van der Waals surface area contributed by atoms with E-state index >= 15 is 0 Å². The van der Waals surface area contributed by atoms with E-state index < -0.39 is 0 Å². The summed E-state index contributed by atoms with van der Waals surface area (Å²) in [6.07, 6.45) is 5.27. The number of anilines is 1. The molecule has 0 bridgehead atoms. The molecule has 0 aromatic heterocycles. The van der Waals surface area contributed by atoms with Gasteiger partial charge in [-0.2, -0.15) is 0 Å². The van der Waals surface area contributed by atoms with Crippen LogP contribution in [-0.4, -0.2) is 25.1 Å². The molecule has 1 aromatic rings. The van der Waals surface area contributed by atoms with Crippen molar-refractivity contribution >= 4 is 5.82 Å². The van der Waals surface area contributed by atoms with Crippen LogP contribution in [0, 0.1) is 5.92 Å². The first-order valence-corrected chi connectivity index (χ1v) is 10.0. The molecule has 1 N–H and O–H groups in total. The molecule has 27 heavy (non-hydrogen) atoms. The van der Waals surface area contributed by atoms with E-state index in [9.17, 15) is 4.79 Å². The second-order valence-electron chi connectivity index (χ2n) is 7.88. The average molecular weight is 363 g/mol. The fourth-order valence-corrected chi connectivity index (χ4v) is 4.07. The minimum Gasteiger partial charge on any atom is -0.365 e. The number of aromatic nitrogens is 4. The van der Waals surface area contributed by atoms with Crippen molar-refractivity contribution in [2.45, 2.75) is 58.2 Å². The van der Waals surface area contributed by atoms with Crippen molar-refractivity contribution in [2.24, 2.45) is 5.92 Å². The number of benzene rings is 1. The van der Waals surface area contributed by atoms with Gasteiger partial charge in [0.05, 0.1) is 0 Å². The smallest absolute Gasteiger partial charge is 0.331 e. The zero-order valence-electron chi connectivity index (χ0n) is 15.7. The molecule has 1 aromatic carbocycles. The molecule has 6 nitrogen and oxygen atoms in total. The summed E-state index contributed by atoms with van der Waals surface area (Å²) in [6.45, 7) is 3.45. The van der Waals surface area contributed by atoms with Gasteiger partial charge in [-0.3, -0.25) is 9.13 Å². The molecule has 3 heterocycles. The van der Waals surface area contributed by atoms with E-state index in [2.05, 4.69) is 36.5 Å². The van der Waals surface area contributed by atoms with Crippen LogP contribution < -0.4 is 11.0 Å². The zero-order chi connectivity index (χ0) is 18.4. The Labute approximate surface area is 158 Å². The summed E-state index contributed by atoms with van der Waals surface area (Å²) in [6, 6.07) is 10.6. The molecular formula is C21H25N5O. The molecule has 1 aliphatic carbocycles. The van der Waals surface area contributed by atoms with Crippen LogP contribution in [0.4, 0.5) is 5.82 Å². The van der Waals surface area contributed by atoms with E-state index in [4.69, 9.17) is 9.97 Å². The largest absolute Gasteiger partial charge is 0.365 e. The van der Waals surface area contributed by atoms with Crippen LogP contribution >= 0.6 is 0 Å². The lowest BCUT2D eigenvalue weighted by molar-refractivity contribution is 0.560. The van der Waals surface area contributed by atoms with Gasteiger partial charge >= 0.3 is 5.69 Å². The van der Waals surface area contributed by atoms with Gasteiger partial charge in [0, 0.05) is 25.6 Å². The number of nitrogens with one attached hydrogen (secondary N) is 1. The molecule has 0 spiro atoms. The van der Waals surface area contributed by atoms with E-state index in [1.165, 1.54) is 18.4 Å². The van der Waals surface area contributed by atoms with Crippen LogP contribution in [0.1, 0.15) is 37.6 Å². The lowest BCUT2D eigenvalue weighted by atomic mass is 10.1. The SMILES string of the molecule is CCCn1c2nc(CC3CC3)nc-2c2n(c1=O)C[C@@H](Cc1ccccc1)N2. The fourth-order valence-electron chi connectivity index (χ4n) is 4.07. The van der Waals surface area contributed by atoms with Crippen LogP contribution in [0.2, 0.25) is 0 Å². The first kappa shape index (κ1) is 16.5. The highest BCUT2D eigenvalue weighted by Crippen LogP contribution is 2.35. The van der Waals surface area contributed by atoms with E-state index in [1.54, 1.807) is 0 Å². The van der Waals surface area contributed by atoms with E-state index in [1.807, 2.05) is 15.2 Å². The third kappa shape index (κ3) is 3.03. The van der Waals surface area contributed by atoms with Crippen molar-refractivity contribution in [3.05, 3.63) is 52.2 Å². The van der Waals surface area contributed by atoms with E-state index in [-0.39, 0.29) is 11.7 Å². The van der Waals surface area contributed by atoms with Gasteiger partial charge in [0.1, 0.15) is 17.3 Å². The van der Waals surface area contributed by atoms with E-state index in [0.29, 0.717) is 13.1 Å². The molecule has 140 valence electrons. The number of imidazole rings is 1. The Morgan fingerprint density at radius 1 is 1.15 bits per heavy atom. The van der Waals surface area contributed by atoms with Crippen molar-refractivity contribution in [3.8, 4) is 11.5 Å². The molecule has 0 unspecified atom stereocenters.